The molecule has 1 heterocycles. The number of amides is 1. The first-order valence-corrected chi connectivity index (χ1v) is 9.24. The van der Waals surface area contributed by atoms with Crippen LogP contribution in [0.1, 0.15) is 17.0 Å². The maximum atomic E-state index is 12.8. The second kappa shape index (κ2) is 8.62. The van der Waals surface area contributed by atoms with Gasteiger partial charge in [0.1, 0.15) is 5.82 Å². The number of nitrogens with one attached hydrogen (secondary N) is 1. The quantitative estimate of drug-likeness (QED) is 0.685. The van der Waals surface area contributed by atoms with Gasteiger partial charge in [-0.1, -0.05) is 41.1 Å². The van der Waals surface area contributed by atoms with Crippen LogP contribution in [0.15, 0.2) is 53.1 Å². The number of carbonyl (C=O) groups excluding carboxylic acids is 1. The number of hydrogen-bond donors (Lipinski definition) is 1. The molecule has 0 aliphatic carbocycles. The number of aryl methyl sites for hydroxylation is 1. The summed E-state index contributed by atoms with van der Waals surface area (Å²) >= 11 is 1.46. The maximum absolute atomic E-state index is 12.8. The van der Waals surface area contributed by atoms with Crippen molar-refractivity contribution in [3.05, 3.63) is 71.4 Å². The third kappa shape index (κ3) is 5.16. The van der Waals surface area contributed by atoms with E-state index in [1.54, 1.807) is 12.1 Å². The molecule has 0 aliphatic rings. The minimum absolute atomic E-state index is 0.118. The molecule has 0 bridgehead atoms. The first-order chi connectivity index (χ1) is 12.6. The molecule has 0 spiro atoms. The summed E-state index contributed by atoms with van der Waals surface area (Å²) in [6.45, 7) is 2.18. The Balaban J connectivity index is 1.44. The molecule has 26 heavy (non-hydrogen) atoms. The van der Waals surface area contributed by atoms with E-state index in [-0.39, 0.29) is 18.3 Å². The van der Waals surface area contributed by atoms with E-state index in [4.69, 9.17) is 4.52 Å². The highest BCUT2D eigenvalue weighted by Gasteiger charge is 2.10. The molecule has 0 radical (unpaired) electrons. The summed E-state index contributed by atoms with van der Waals surface area (Å²) in [6.07, 6.45) is 0. The van der Waals surface area contributed by atoms with Gasteiger partial charge in [-0.3, -0.25) is 4.79 Å². The topological polar surface area (TPSA) is 68.0 Å². The molecule has 134 valence electrons. The number of carbonyl (C=O) groups is 1. The Bertz CT molecular complexity index is 881. The van der Waals surface area contributed by atoms with Crippen LogP contribution in [-0.4, -0.2) is 21.8 Å². The lowest BCUT2D eigenvalue weighted by Gasteiger charge is -2.03. The molecule has 1 N–H and O–H groups in total. The second-order valence-corrected chi connectivity index (χ2v) is 6.76. The molecule has 0 saturated heterocycles. The Morgan fingerprint density at radius 2 is 2.04 bits per heavy atom. The lowest BCUT2D eigenvalue weighted by molar-refractivity contribution is -0.118. The number of halogens is 1. The Hall–Kier alpha value is -2.67. The number of aromatic nitrogens is 2. The van der Waals surface area contributed by atoms with Crippen LogP contribution in [-0.2, 0) is 17.1 Å². The van der Waals surface area contributed by atoms with Crippen LogP contribution >= 0.6 is 11.8 Å². The standard InChI is InChI=1S/C19H18FN3O2S/c1-13-3-2-4-15(9-13)19-22-18(25-23-19)10-21-17(24)12-26-11-14-5-7-16(20)8-6-14/h2-9H,10-12H2,1H3,(H,21,24). The van der Waals surface area contributed by atoms with Gasteiger partial charge in [0.25, 0.3) is 0 Å². The summed E-state index contributed by atoms with van der Waals surface area (Å²) in [7, 11) is 0. The number of thioether (sulfide) groups is 1. The van der Waals surface area contributed by atoms with E-state index in [9.17, 15) is 9.18 Å². The molecule has 0 atom stereocenters. The van der Waals surface area contributed by atoms with Gasteiger partial charge >= 0.3 is 0 Å². The summed E-state index contributed by atoms with van der Waals surface area (Å²) in [4.78, 5) is 16.2. The van der Waals surface area contributed by atoms with E-state index in [1.165, 1.54) is 23.9 Å². The molecule has 0 unspecified atom stereocenters. The molecular formula is C19H18FN3O2S. The maximum Gasteiger partial charge on any atom is 0.246 e. The normalized spacial score (nSPS) is 10.7. The van der Waals surface area contributed by atoms with E-state index in [1.807, 2.05) is 31.2 Å². The van der Waals surface area contributed by atoms with Crippen molar-refractivity contribution in [3.8, 4) is 11.4 Å². The third-order valence-corrected chi connectivity index (χ3v) is 4.60. The predicted molar refractivity (Wildman–Crippen MR) is 98.9 cm³/mol. The summed E-state index contributed by atoms with van der Waals surface area (Å²) in [5, 5.41) is 6.70. The molecule has 7 heteroatoms. The van der Waals surface area contributed by atoms with Gasteiger partial charge in [0.15, 0.2) is 0 Å². The first-order valence-electron chi connectivity index (χ1n) is 8.08. The van der Waals surface area contributed by atoms with Crippen LogP contribution in [0.3, 0.4) is 0 Å². The zero-order valence-corrected chi connectivity index (χ0v) is 15.1. The van der Waals surface area contributed by atoms with Crippen molar-refractivity contribution in [2.24, 2.45) is 0 Å². The van der Waals surface area contributed by atoms with Crippen molar-refractivity contribution < 1.29 is 13.7 Å². The monoisotopic (exact) mass is 371 g/mol. The Kier molecular flexibility index (Phi) is 6.01. The van der Waals surface area contributed by atoms with Gasteiger partial charge in [0, 0.05) is 11.3 Å². The van der Waals surface area contributed by atoms with Gasteiger partial charge < -0.3 is 9.84 Å². The fourth-order valence-electron chi connectivity index (χ4n) is 2.30. The van der Waals surface area contributed by atoms with Gasteiger partial charge in [-0.05, 0) is 30.7 Å². The largest absolute Gasteiger partial charge is 0.346 e. The van der Waals surface area contributed by atoms with Gasteiger partial charge in [-0.25, -0.2) is 4.39 Å². The average molecular weight is 371 g/mol. The van der Waals surface area contributed by atoms with E-state index >= 15 is 0 Å². The molecule has 1 amide bonds. The van der Waals surface area contributed by atoms with Crippen molar-refractivity contribution in [3.63, 3.8) is 0 Å². The fourth-order valence-corrected chi connectivity index (χ4v) is 3.11. The number of hydrogen-bond acceptors (Lipinski definition) is 5. The molecule has 0 fully saturated rings. The lowest BCUT2D eigenvalue weighted by Crippen LogP contribution is -2.24. The molecule has 1 aromatic heterocycles. The summed E-state index contributed by atoms with van der Waals surface area (Å²) in [6, 6.07) is 14.1. The second-order valence-electron chi connectivity index (χ2n) is 5.78. The van der Waals surface area contributed by atoms with E-state index < -0.39 is 0 Å². The predicted octanol–water partition coefficient (Wildman–Crippen LogP) is 3.73. The van der Waals surface area contributed by atoms with Crippen molar-refractivity contribution in [1.29, 1.82) is 0 Å². The van der Waals surface area contributed by atoms with Crippen LogP contribution in [0.4, 0.5) is 4.39 Å². The van der Waals surface area contributed by atoms with Gasteiger partial charge in [-0.15, -0.1) is 11.8 Å². The van der Waals surface area contributed by atoms with Crippen molar-refractivity contribution in [2.75, 3.05) is 5.75 Å². The van der Waals surface area contributed by atoms with Crippen LogP contribution < -0.4 is 5.32 Å². The Labute approximate surface area is 155 Å². The van der Waals surface area contributed by atoms with E-state index in [0.29, 0.717) is 23.2 Å². The molecule has 0 saturated carbocycles. The highest BCUT2D eigenvalue weighted by molar-refractivity contribution is 7.99. The van der Waals surface area contributed by atoms with Crippen molar-refractivity contribution in [2.45, 2.75) is 19.2 Å². The molecule has 2 aromatic carbocycles. The highest BCUT2D eigenvalue weighted by Crippen LogP contribution is 2.17. The average Bonchev–Trinajstić information content (AvgIpc) is 3.11. The molecule has 0 aliphatic heterocycles. The molecule has 3 aromatic rings. The van der Waals surface area contributed by atoms with Crippen LogP contribution in [0, 0.1) is 12.7 Å². The van der Waals surface area contributed by atoms with E-state index in [2.05, 4.69) is 15.5 Å². The van der Waals surface area contributed by atoms with Gasteiger partial charge in [0.2, 0.25) is 17.6 Å². The first kappa shape index (κ1) is 18.1. The minimum atomic E-state index is -0.263. The van der Waals surface area contributed by atoms with Gasteiger partial charge in [0.05, 0.1) is 12.3 Å². The molecule has 5 nitrogen and oxygen atoms in total. The lowest BCUT2D eigenvalue weighted by atomic mass is 10.1. The van der Waals surface area contributed by atoms with Crippen molar-refractivity contribution in [1.82, 2.24) is 15.5 Å². The number of nitrogens with zero attached hydrogens (tertiary/aromatic N) is 2. The minimum Gasteiger partial charge on any atom is -0.346 e. The van der Waals surface area contributed by atoms with E-state index in [0.717, 1.165) is 16.7 Å². The zero-order chi connectivity index (χ0) is 18.4. The summed E-state index contributed by atoms with van der Waals surface area (Å²) in [5.74, 6) is 1.43. The van der Waals surface area contributed by atoms with Crippen molar-refractivity contribution >= 4 is 17.7 Å². The molecule has 3 rings (SSSR count). The zero-order valence-electron chi connectivity index (χ0n) is 14.2. The van der Waals surface area contributed by atoms with Crippen LogP contribution in [0.5, 0.6) is 0 Å². The van der Waals surface area contributed by atoms with Gasteiger partial charge in [-0.2, -0.15) is 4.98 Å². The smallest absolute Gasteiger partial charge is 0.246 e. The SMILES string of the molecule is Cc1cccc(-c2noc(CNC(=O)CSCc3ccc(F)cc3)n2)c1. The number of rotatable bonds is 7. The summed E-state index contributed by atoms with van der Waals surface area (Å²) in [5.41, 5.74) is 2.96. The highest BCUT2D eigenvalue weighted by atomic mass is 32.2. The van der Waals surface area contributed by atoms with Crippen LogP contribution in [0.25, 0.3) is 11.4 Å². The Morgan fingerprint density at radius 1 is 1.23 bits per heavy atom. The number of benzene rings is 2. The fraction of sp³-hybridized carbons (Fsp3) is 0.211. The molecular weight excluding hydrogens is 353 g/mol. The Morgan fingerprint density at radius 3 is 2.81 bits per heavy atom. The summed E-state index contributed by atoms with van der Waals surface area (Å²) < 4.78 is 18.0. The third-order valence-electron chi connectivity index (χ3n) is 3.60. The van der Waals surface area contributed by atoms with Crippen LogP contribution in [0.2, 0.25) is 0 Å².